The molecule has 1 aliphatic rings. The number of likely N-dealkylation sites (tertiary alicyclic amines) is 1. The minimum Gasteiger partial charge on any atom is -0.466 e. The molecule has 1 amide bonds. The summed E-state index contributed by atoms with van der Waals surface area (Å²) in [6.07, 6.45) is 4.09. The number of benzene rings is 1. The molecule has 5 nitrogen and oxygen atoms in total. The summed E-state index contributed by atoms with van der Waals surface area (Å²) in [5.41, 5.74) is 1.90. The largest absolute Gasteiger partial charge is 0.466 e. The van der Waals surface area contributed by atoms with Gasteiger partial charge in [-0.2, -0.15) is 0 Å². The van der Waals surface area contributed by atoms with Gasteiger partial charge in [0.25, 0.3) is 5.91 Å². The maximum absolute atomic E-state index is 12.0. The van der Waals surface area contributed by atoms with Crippen LogP contribution < -0.4 is 4.74 Å². The van der Waals surface area contributed by atoms with Crippen molar-refractivity contribution in [2.24, 2.45) is 0 Å². The van der Waals surface area contributed by atoms with Crippen LogP contribution in [0.5, 0.6) is 5.88 Å². The van der Waals surface area contributed by atoms with Gasteiger partial charge in [-0.1, -0.05) is 18.2 Å². The Hall–Kier alpha value is -2.30. The van der Waals surface area contributed by atoms with E-state index < -0.39 is 0 Å². The van der Waals surface area contributed by atoms with Gasteiger partial charge in [0.2, 0.25) is 5.88 Å². The summed E-state index contributed by atoms with van der Waals surface area (Å²) >= 11 is 0. The number of carbonyl (C=O) groups excluding carboxylic acids is 1. The highest BCUT2D eigenvalue weighted by Crippen LogP contribution is 2.18. The lowest BCUT2D eigenvalue weighted by molar-refractivity contribution is -0.132. The van der Waals surface area contributed by atoms with Crippen molar-refractivity contribution in [1.29, 1.82) is 0 Å². The molecule has 0 N–H and O–H groups in total. The van der Waals surface area contributed by atoms with Crippen molar-refractivity contribution in [2.45, 2.75) is 19.8 Å². The van der Waals surface area contributed by atoms with Crippen molar-refractivity contribution in [3.05, 3.63) is 42.1 Å². The normalized spacial score (nSPS) is 14.4. The number of hydrogen-bond donors (Lipinski definition) is 0. The average Bonchev–Trinajstić information content (AvgIpc) is 3.16. The number of ether oxygens (including phenoxy) is 1. The lowest BCUT2D eigenvalue weighted by atomic mass is 10.3. The molecule has 1 fully saturated rings. The SMILES string of the molecule is Cc1cn(-c2ccccc2)nc1OCC(=O)N1CCCC1. The quantitative estimate of drug-likeness (QED) is 0.865. The summed E-state index contributed by atoms with van der Waals surface area (Å²) in [7, 11) is 0. The molecular weight excluding hydrogens is 266 g/mol. The van der Waals surface area contributed by atoms with Crippen LogP contribution in [0.15, 0.2) is 36.5 Å². The van der Waals surface area contributed by atoms with E-state index in [9.17, 15) is 4.79 Å². The molecule has 0 atom stereocenters. The molecule has 0 aliphatic carbocycles. The Labute approximate surface area is 124 Å². The van der Waals surface area contributed by atoms with Gasteiger partial charge >= 0.3 is 0 Å². The molecule has 0 bridgehead atoms. The number of aryl methyl sites for hydroxylation is 1. The van der Waals surface area contributed by atoms with Gasteiger partial charge < -0.3 is 9.64 Å². The van der Waals surface area contributed by atoms with E-state index in [1.165, 1.54) is 0 Å². The minimum atomic E-state index is 0.0427. The molecule has 0 saturated carbocycles. The van der Waals surface area contributed by atoms with Crippen molar-refractivity contribution < 1.29 is 9.53 Å². The van der Waals surface area contributed by atoms with E-state index in [1.807, 2.05) is 48.4 Å². The number of carbonyl (C=O) groups is 1. The third-order valence-electron chi connectivity index (χ3n) is 3.66. The first-order valence-corrected chi connectivity index (χ1v) is 7.26. The average molecular weight is 285 g/mol. The maximum atomic E-state index is 12.0. The second-order valence-corrected chi connectivity index (χ2v) is 5.27. The molecule has 3 rings (SSSR count). The van der Waals surface area contributed by atoms with Crippen LogP contribution in [0, 0.1) is 6.92 Å². The van der Waals surface area contributed by atoms with E-state index in [0.29, 0.717) is 5.88 Å². The number of para-hydroxylation sites is 1. The van der Waals surface area contributed by atoms with Crippen LogP contribution >= 0.6 is 0 Å². The molecule has 0 unspecified atom stereocenters. The van der Waals surface area contributed by atoms with Gasteiger partial charge in [-0.05, 0) is 31.9 Å². The van der Waals surface area contributed by atoms with Crippen LogP contribution in [0.1, 0.15) is 18.4 Å². The fourth-order valence-corrected chi connectivity index (χ4v) is 2.49. The van der Waals surface area contributed by atoms with Crippen molar-refractivity contribution in [1.82, 2.24) is 14.7 Å². The Bertz CT molecular complexity index is 616. The van der Waals surface area contributed by atoms with Crippen LogP contribution in [0.3, 0.4) is 0 Å². The Morgan fingerprint density at radius 1 is 1.24 bits per heavy atom. The molecule has 0 spiro atoms. The molecule has 1 aromatic heterocycles. The van der Waals surface area contributed by atoms with Gasteiger partial charge in [0.1, 0.15) is 0 Å². The summed E-state index contributed by atoms with van der Waals surface area (Å²) in [5.74, 6) is 0.563. The van der Waals surface area contributed by atoms with E-state index in [1.54, 1.807) is 4.68 Å². The highest BCUT2D eigenvalue weighted by Gasteiger charge is 2.19. The monoisotopic (exact) mass is 285 g/mol. The number of hydrogen-bond acceptors (Lipinski definition) is 3. The summed E-state index contributed by atoms with van der Waals surface area (Å²) in [5, 5.41) is 4.40. The molecular formula is C16H19N3O2. The van der Waals surface area contributed by atoms with Crippen molar-refractivity contribution in [2.75, 3.05) is 19.7 Å². The van der Waals surface area contributed by atoms with Crippen LogP contribution in [0.4, 0.5) is 0 Å². The number of aromatic nitrogens is 2. The van der Waals surface area contributed by atoms with Crippen LogP contribution in [-0.4, -0.2) is 40.3 Å². The van der Waals surface area contributed by atoms with E-state index in [-0.39, 0.29) is 12.5 Å². The molecule has 21 heavy (non-hydrogen) atoms. The Morgan fingerprint density at radius 2 is 1.95 bits per heavy atom. The van der Waals surface area contributed by atoms with Gasteiger partial charge in [0.15, 0.2) is 6.61 Å². The minimum absolute atomic E-state index is 0.0427. The zero-order chi connectivity index (χ0) is 14.7. The van der Waals surface area contributed by atoms with E-state index in [2.05, 4.69) is 5.10 Å². The lowest BCUT2D eigenvalue weighted by Crippen LogP contribution is -2.32. The van der Waals surface area contributed by atoms with E-state index >= 15 is 0 Å². The highest BCUT2D eigenvalue weighted by atomic mass is 16.5. The molecule has 2 aromatic rings. The molecule has 2 heterocycles. The fourth-order valence-electron chi connectivity index (χ4n) is 2.49. The second kappa shape index (κ2) is 5.99. The first kappa shape index (κ1) is 13.7. The lowest BCUT2D eigenvalue weighted by Gasteiger charge is -2.14. The first-order valence-electron chi connectivity index (χ1n) is 7.26. The van der Waals surface area contributed by atoms with Crippen molar-refractivity contribution in [3.8, 4) is 11.6 Å². The zero-order valence-corrected chi connectivity index (χ0v) is 12.2. The summed E-state index contributed by atoms with van der Waals surface area (Å²) < 4.78 is 7.36. The number of rotatable bonds is 4. The first-order chi connectivity index (χ1) is 10.2. The van der Waals surface area contributed by atoms with E-state index in [4.69, 9.17) is 4.74 Å². The predicted octanol–water partition coefficient (Wildman–Crippen LogP) is 2.18. The molecule has 1 aliphatic heterocycles. The predicted molar refractivity (Wildman–Crippen MR) is 79.6 cm³/mol. The van der Waals surface area contributed by atoms with Gasteiger partial charge in [-0.25, -0.2) is 4.68 Å². The Kier molecular flexibility index (Phi) is 3.90. The maximum Gasteiger partial charge on any atom is 0.260 e. The van der Waals surface area contributed by atoms with Crippen molar-refractivity contribution >= 4 is 5.91 Å². The summed E-state index contributed by atoms with van der Waals surface area (Å²) in [6.45, 7) is 3.69. The smallest absolute Gasteiger partial charge is 0.260 e. The van der Waals surface area contributed by atoms with E-state index in [0.717, 1.165) is 37.2 Å². The standard InChI is InChI=1S/C16H19N3O2/c1-13-11-19(14-7-3-2-4-8-14)17-16(13)21-12-15(20)18-9-5-6-10-18/h2-4,7-8,11H,5-6,9-10,12H2,1H3. The molecule has 5 heteroatoms. The van der Waals surface area contributed by atoms with Crippen molar-refractivity contribution in [3.63, 3.8) is 0 Å². The molecule has 110 valence electrons. The Balaban J connectivity index is 1.66. The third kappa shape index (κ3) is 3.07. The molecule has 1 aromatic carbocycles. The highest BCUT2D eigenvalue weighted by molar-refractivity contribution is 5.78. The fraction of sp³-hybridized carbons (Fsp3) is 0.375. The van der Waals surface area contributed by atoms with Crippen LogP contribution in [-0.2, 0) is 4.79 Å². The van der Waals surface area contributed by atoms with Gasteiger partial charge in [0.05, 0.1) is 5.69 Å². The summed E-state index contributed by atoms with van der Waals surface area (Å²) in [4.78, 5) is 13.8. The Morgan fingerprint density at radius 3 is 2.67 bits per heavy atom. The number of amides is 1. The second-order valence-electron chi connectivity index (χ2n) is 5.27. The van der Waals surface area contributed by atoms with Crippen LogP contribution in [0.25, 0.3) is 5.69 Å². The van der Waals surface area contributed by atoms with Crippen LogP contribution in [0.2, 0.25) is 0 Å². The third-order valence-corrected chi connectivity index (χ3v) is 3.66. The van der Waals surface area contributed by atoms with Gasteiger partial charge in [-0.3, -0.25) is 4.79 Å². The topological polar surface area (TPSA) is 47.4 Å². The van der Waals surface area contributed by atoms with Gasteiger partial charge in [-0.15, -0.1) is 5.10 Å². The molecule has 1 saturated heterocycles. The molecule has 0 radical (unpaired) electrons. The summed E-state index contributed by atoms with van der Waals surface area (Å²) in [6, 6.07) is 9.84. The van der Waals surface area contributed by atoms with Gasteiger partial charge in [0, 0.05) is 24.8 Å². The zero-order valence-electron chi connectivity index (χ0n) is 12.2. The number of nitrogens with zero attached hydrogens (tertiary/aromatic N) is 3.